The molecular formula is C15H15NOS. The van der Waals surface area contributed by atoms with Crippen LogP contribution in [0.4, 0.5) is 10.5 Å². The Bertz CT molecular complexity index is 552. The number of carbonyl (C=O) groups excluding carboxylic acids is 1. The molecule has 0 radical (unpaired) electrons. The zero-order valence-electron chi connectivity index (χ0n) is 10.4. The van der Waals surface area contributed by atoms with Crippen LogP contribution in [-0.4, -0.2) is 5.24 Å². The van der Waals surface area contributed by atoms with Gasteiger partial charge in [-0.1, -0.05) is 30.3 Å². The first-order valence-corrected chi connectivity index (χ1v) is 6.58. The summed E-state index contributed by atoms with van der Waals surface area (Å²) >= 11 is 1.20. The predicted molar refractivity (Wildman–Crippen MR) is 77.2 cm³/mol. The minimum absolute atomic E-state index is 0.0603. The molecule has 2 rings (SSSR count). The van der Waals surface area contributed by atoms with Crippen molar-refractivity contribution < 1.29 is 4.79 Å². The van der Waals surface area contributed by atoms with E-state index in [-0.39, 0.29) is 5.24 Å². The molecule has 18 heavy (non-hydrogen) atoms. The Kier molecular flexibility index (Phi) is 4.05. The molecule has 0 aromatic heterocycles. The van der Waals surface area contributed by atoms with Crippen LogP contribution in [0.15, 0.2) is 53.4 Å². The number of amides is 1. The van der Waals surface area contributed by atoms with Crippen molar-refractivity contribution >= 4 is 22.7 Å². The Hall–Kier alpha value is -1.74. The Morgan fingerprint density at radius 3 is 2.44 bits per heavy atom. The zero-order valence-corrected chi connectivity index (χ0v) is 11.3. The SMILES string of the molecule is Cc1cccc(NC(=O)Sc2ccccc2)c1C. The van der Waals surface area contributed by atoms with Crippen LogP contribution in [-0.2, 0) is 0 Å². The van der Waals surface area contributed by atoms with Gasteiger partial charge >= 0.3 is 0 Å². The highest BCUT2D eigenvalue weighted by atomic mass is 32.2. The highest BCUT2D eigenvalue weighted by Crippen LogP contribution is 2.23. The molecule has 1 N–H and O–H groups in total. The lowest BCUT2D eigenvalue weighted by Crippen LogP contribution is -2.06. The van der Waals surface area contributed by atoms with E-state index in [1.807, 2.05) is 62.4 Å². The monoisotopic (exact) mass is 257 g/mol. The van der Waals surface area contributed by atoms with Gasteiger partial charge in [0, 0.05) is 10.6 Å². The number of benzene rings is 2. The fraction of sp³-hybridized carbons (Fsp3) is 0.133. The van der Waals surface area contributed by atoms with Gasteiger partial charge in [-0.25, -0.2) is 0 Å². The molecule has 1 amide bonds. The summed E-state index contributed by atoms with van der Waals surface area (Å²) in [6, 6.07) is 15.5. The third-order valence-corrected chi connectivity index (χ3v) is 3.59. The van der Waals surface area contributed by atoms with Gasteiger partial charge < -0.3 is 5.32 Å². The Morgan fingerprint density at radius 1 is 1.00 bits per heavy atom. The van der Waals surface area contributed by atoms with Gasteiger partial charge in [0.2, 0.25) is 0 Å². The van der Waals surface area contributed by atoms with Gasteiger partial charge in [0.25, 0.3) is 5.24 Å². The molecule has 92 valence electrons. The van der Waals surface area contributed by atoms with Crippen LogP contribution in [0.1, 0.15) is 11.1 Å². The molecule has 0 saturated carbocycles. The second-order valence-electron chi connectivity index (χ2n) is 4.08. The van der Waals surface area contributed by atoms with Crippen molar-refractivity contribution in [3.05, 3.63) is 59.7 Å². The fourth-order valence-corrected chi connectivity index (χ4v) is 2.29. The first-order chi connectivity index (χ1) is 8.66. The summed E-state index contributed by atoms with van der Waals surface area (Å²) in [5.41, 5.74) is 3.17. The summed E-state index contributed by atoms with van der Waals surface area (Å²) in [6.45, 7) is 4.05. The number of thioether (sulfide) groups is 1. The Morgan fingerprint density at radius 2 is 1.72 bits per heavy atom. The fourth-order valence-electron chi connectivity index (χ4n) is 1.62. The predicted octanol–water partition coefficient (Wildman–Crippen LogP) is 4.63. The molecule has 0 fully saturated rings. The van der Waals surface area contributed by atoms with Crippen LogP contribution < -0.4 is 5.32 Å². The summed E-state index contributed by atoms with van der Waals surface area (Å²) in [5, 5.41) is 2.86. The zero-order chi connectivity index (χ0) is 13.0. The smallest absolute Gasteiger partial charge is 0.288 e. The normalized spacial score (nSPS) is 10.1. The topological polar surface area (TPSA) is 29.1 Å². The van der Waals surface area contributed by atoms with E-state index in [0.29, 0.717) is 0 Å². The van der Waals surface area contributed by atoms with Crippen molar-refractivity contribution in [2.45, 2.75) is 18.7 Å². The minimum Gasteiger partial charge on any atom is -0.316 e. The molecule has 2 nitrogen and oxygen atoms in total. The molecule has 2 aromatic rings. The van der Waals surface area contributed by atoms with E-state index < -0.39 is 0 Å². The van der Waals surface area contributed by atoms with Crippen molar-refractivity contribution in [2.75, 3.05) is 5.32 Å². The summed E-state index contributed by atoms with van der Waals surface area (Å²) < 4.78 is 0. The van der Waals surface area contributed by atoms with Crippen molar-refractivity contribution in [2.24, 2.45) is 0 Å². The van der Waals surface area contributed by atoms with Gasteiger partial charge in [0.05, 0.1) is 0 Å². The van der Waals surface area contributed by atoms with Crippen LogP contribution in [0.25, 0.3) is 0 Å². The number of carbonyl (C=O) groups is 1. The number of nitrogens with one attached hydrogen (secondary N) is 1. The number of hydrogen-bond donors (Lipinski definition) is 1. The van der Waals surface area contributed by atoms with Crippen LogP contribution in [0.5, 0.6) is 0 Å². The number of aryl methyl sites for hydroxylation is 1. The van der Waals surface area contributed by atoms with Gasteiger partial charge in [0.1, 0.15) is 0 Å². The Labute approximate surface area is 111 Å². The van der Waals surface area contributed by atoms with Gasteiger partial charge in [0.15, 0.2) is 0 Å². The van der Waals surface area contributed by atoms with E-state index in [9.17, 15) is 4.79 Å². The number of anilines is 1. The summed E-state index contributed by atoms with van der Waals surface area (Å²) in [7, 11) is 0. The maximum Gasteiger partial charge on any atom is 0.288 e. The van der Waals surface area contributed by atoms with Gasteiger partial charge in [-0.15, -0.1) is 0 Å². The van der Waals surface area contributed by atoms with Crippen molar-refractivity contribution in [1.82, 2.24) is 0 Å². The Balaban J connectivity index is 2.06. The maximum absolute atomic E-state index is 11.9. The van der Waals surface area contributed by atoms with E-state index in [1.54, 1.807) is 0 Å². The molecule has 0 heterocycles. The number of rotatable bonds is 2. The largest absolute Gasteiger partial charge is 0.316 e. The quantitative estimate of drug-likeness (QED) is 0.795. The first-order valence-electron chi connectivity index (χ1n) is 5.77. The number of hydrogen-bond acceptors (Lipinski definition) is 2. The lowest BCUT2D eigenvalue weighted by molar-refractivity contribution is 0.269. The molecular weight excluding hydrogens is 242 g/mol. The second kappa shape index (κ2) is 5.74. The highest BCUT2D eigenvalue weighted by molar-refractivity contribution is 8.13. The van der Waals surface area contributed by atoms with E-state index in [2.05, 4.69) is 5.32 Å². The van der Waals surface area contributed by atoms with Crippen LogP contribution in [0.2, 0.25) is 0 Å². The van der Waals surface area contributed by atoms with Gasteiger partial charge in [-0.2, -0.15) is 0 Å². The molecule has 0 spiro atoms. The third kappa shape index (κ3) is 3.14. The molecule has 0 unspecified atom stereocenters. The molecule has 0 aliphatic rings. The maximum atomic E-state index is 11.9. The molecule has 2 aromatic carbocycles. The van der Waals surface area contributed by atoms with Crippen LogP contribution in [0, 0.1) is 13.8 Å². The van der Waals surface area contributed by atoms with Crippen molar-refractivity contribution in [3.63, 3.8) is 0 Å². The van der Waals surface area contributed by atoms with Gasteiger partial charge in [-0.05, 0) is 54.9 Å². The lowest BCUT2D eigenvalue weighted by Gasteiger charge is -2.09. The summed E-state index contributed by atoms with van der Waals surface area (Å²) in [4.78, 5) is 12.8. The average Bonchev–Trinajstić information content (AvgIpc) is 2.36. The molecule has 0 atom stereocenters. The molecule has 0 aliphatic heterocycles. The average molecular weight is 257 g/mol. The minimum atomic E-state index is -0.0603. The van der Waals surface area contributed by atoms with Gasteiger partial charge in [-0.3, -0.25) is 4.79 Å². The van der Waals surface area contributed by atoms with Crippen molar-refractivity contribution in [3.8, 4) is 0 Å². The van der Waals surface area contributed by atoms with Crippen LogP contribution in [0.3, 0.4) is 0 Å². The van der Waals surface area contributed by atoms with E-state index in [0.717, 1.165) is 16.1 Å². The molecule has 3 heteroatoms. The standard InChI is InChI=1S/C15H15NOS/c1-11-7-6-10-14(12(11)2)16-15(17)18-13-8-4-3-5-9-13/h3-10H,1-2H3,(H,16,17). The first kappa shape index (κ1) is 12.7. The van der Waals surface area contributed by atoms with E-state index in [4.69, 9.17) is 0 Å². The molecule has 0 bridgehead atoms. The summed E-state index contributed by atoms with van der Waals surface area (Å²) in [5.74, 6) is 0. The van der Waals surface area contributed by atoms with Crippen LogP contribution >= 0.6 is 11.8 Å². The van der Waals surface area contributed by atoms with E-state index >= 15 is 0 Å². The molecule has 0 aliphatic carbocycles. The second-order valence-corrected chi connectivity index (χ2v) is 5.12. The third-order valence-electron chi connectivity index (χ3n) is 2.80. The molecule has 0 saturated heterocycles. The summed E-state index contributed by atoms with van der Waals surface area (Å²) in [6.07, 6.45) is 0. The lowest BCUT2D eigenvalue weighted by atomic mass is 10.1. The van der Waals surface area contributed by atoms with E-state index in [1.165, 1.54) is 17.3 Å². The van der Waals surface area contributed by atoms with Crippen molar-refractivity contribution in [1.29, 1.82) is 0 Å². The highest BCUT2D eigenvalue weighted by Gasteiger charge is 2.07.